The summed E-state index contributed by atoms with van der Waals surface area (Å²) in [6.45, 7) is 9.71. The summed E-state index contributed by atoms with van der Waals surface area (Å²) < 4.78 is 5.31. The standard InChI is InChI=1S/C19H25N3O3S/c1-12(2)9-22-15(13(3)4)10-21(11-18(22)23)19(24)14-8-16(25-20-14)17-6-5-7-26-17/h5-8,12-13,15H,9-11H2,1-4H3. The zero-order valence-corrected chi connectivity index (χ0v) is 16.5. The van der Waals surface area contributed by atoms with Gasteiger partial charge in [0.2, 0.25) is 5.91 Å². The van der Waals surface area contributed by atoms with Crippen molar-refractivity contribution >= 4 is 23.2 Å². The molecule has 0 spiro atoms. The minimum atomic E-state index is -0.250. The molecule has 1 atom stereocenters. The summed E-state index contributed by atoms with van der Waals surface area (Å²) in [4.78, 5) is 30.0. The molecule has 2 aromatic rings. The molecule has 6 nitrogen and oxygen atoms in total. The van der Waals surface area contributed by atoms with Crippen LogP contribution >= 0.6 is 11.3 Å². The first-order valence-electron chi connectivity index (χ1n) is 8.96. The fourth-order valence-corrected chi connectivity index (χ4v) is 3.93. The molecule has 1 aliphatic heterocycles. The maximum absolute atomic E-state index is 12.9. The highest BCUT2D eigenvalue weighted by Gasteiger charge is 2.37. The predicted octanol–water partition coefficient (Wildman–Crippen LogP) is 3.37. The molecule has 2 amide bonds. The Hall–Kier alpha value is -2.15. The van der Waals surface area contributed by atoms with Gasteiger partial charge < -0.3 is 14.3 Å². The molecule has 1 saturated heterocycles. The molecule has 0 aromatic carbocycles. The number of nitrogens with zero attached hydrogens (tertiary/aromatic N) is 3. The van der Waals surface area contributed by atoms with E-state index in [-0.39, 0.29) is 36.0 Å². The van der Waals surface area contributed by atoms with Gasteiger partial charge in [-0.3, -0.25) is 9.59 Å². The molecule has 2 aromatic heterocycles. The first-order valence-corrected chi connectivity index (χ1v) is 9.84. The van der Waals surface area contributed by atoms with E-state index in [4.69, 9.17) is 4.52 Å². The minimum Gasteiger partial charge on any atom is -0.355 e. The summed E-state index contributed by atoms with van der Waals surface area (Å²) in [6.07, 6.45) is 0. The first-order chi connectivity index (χ1) is 12.4. The third kappa shape index (κ3) is 3.82. The molecule has 140 valence electrons. The van der Waals surface area contributed by atoms with Gasteiger partial charge in [-0.05, 0) is 23.3 Å². The Kier molecular flexibility index (Phi) is 5.46. The van der Waals surface area contributed by atoms with Gasteiger partial charge >= 0.3 is 0 Å². The second kappa shape index (κ2) is 7.61. The van der Waals surface area contributed by atoms with E-state index in [2.05, 4.69) is 32.9 Å². The van der Waals surface area contributed by atoms with Crippen molar-refractivity contribution in [3.05, 3.63) is 29.3 Å². The molecule has 26 heavy (non-hydrogen) atoms. The third-order valence-electron chi connectivity index (χ3n) is 4.57. The molecule has 7 heteroatoms. The minimum absolute atomic E-state index is 0.000949. The van der Waals surface area contributed by atoms with Crippen LogP contribution in [0.3, 0.4) is 0 Å². The Labute approximate surface area is 157 Å². The molecule has 1 fully saturated rings. The molecular formula is C19H25N3O3S. The van der Waals surface area contributed by atoms with Crippen LogP contribution in [0.5, 0.6) is 0 Å². The Morgan fingerprint density at radius 3 is 2.77 bits per heavy atom. The third-order valence-corrected chi connectivity index (χ3v) is 5.45. The summed E-state index contributed by atoms with van der Waals surface area (Å²) in [7, 11) is 0. The maximum Gasteiger partial charge on any atom is 0.276 e. The number of piperazine rings is 1. The number of hydrogen-bond donors (Lipinski definition) is 0. The van der Waals surface area contributed by atoms with Crippen molar-refractivity contribution in [2.75, 3.05) is 19.6 Å². The van der Waals surface area contributed by atoms with E-state index >= 15 is 0 Å². The van der Waals surface area contributed by atoms with Crippen LogP contribution in [-0.4, -0.2) is 52.4 Å². The van der Waals surface area contributed by atoms with Crippen molar-refractivity contribution < 1.29 is 14.1 Å². The topological polar surface area (TPSA) is 66.7 Å². The lowest BCUT2D eigenvalue weighted by molar-refractivity contribution is -0.140. The van der Waals surface area contributed by atoms with Crippen LogP contribution in [0.2, 0.25) is 0 Å². The van der Waals surface area contributed by atoms with E-state index in [1.165, 1.54) is 11.3 Å². The van der Waals surface area contributed by atoms with Crippen molar-refractivity contribution in [2.45, 2.75) is 33.7 Å². The molecule has 0 N–H and O–H groups in total. The molecule has 0 bridgehead atoms. The smallest absolute Gasteiger partial charge is 0.276 e. The molecule has 1 unspecified atom stereocenters. The molecular weight excluding hydrogens is 350 g/mol. The van der Waals surface area contributed by atoms with Crippen molar-refractivity contribution in [3.63, 3.8) is 0 Å². The maximum atomic E-state index is 12.9. The molecule has 0 radical (unpaired) electrons. The quantitative estimate of drug-likeness (QED) is 0.804. The van der Waals surface area contributed by atoms with Crippen molar-refractivity contribution in [1.29, 1.82) is 0 Å². The normalized spacial score (nSPS) is 18.2. The highest BCUT2D eigenvalue weighted by atomic mass is 32.1. The number of rotatable bonds is 5. The summed E-state index contributed by atoms with van der Waals surface area (Å²) in [5.41, 5.74) is 0.251. The van der Waals surface area contributed by atoms with Crippen LogP contribution in [0.4, 0.5) is 0 Å². The first kappa shape index (κ1) is 18.6. The van der Waals surface area contributed by atoms with Crippen molar-refractivity contribution in [2.24, 2.45) is 11.8 Å². The van der Waals surface area contributed by atoms with Crippen molar-refractivity contribution in [3.8, 4) is 10.6 Å². The van der Waals surface area contributed by atoms with Gasteiger partial charge in [0.25, 0.3) is 5.91 Å². The van der Waals surface area contributed by atoms with Gasteiger partial charge in [0.05, 0.1) is 10.9 Å². The largest absolute Gasteiger partial charge is 0.355 e. The molecule has 3 rings (SSSR count). The number of thiophene rings is 1. The van der Waals surface area contributed by atoms with Crippen LogP contribution < -0.4 is 0 Å². The number of carbonyl (C=O) groups is 2. The van der Waals surface area contributed by atoms with Gasteiger partial charge in [-0.15, -0.1) is 11.3 Å². The highest BCUT2D eigenvalue weighted by Crippen LogP contribution is 2.26. The van der Waals surface area contributed by atoms with Gasteiger partial charge in [0.15, 0.2) is 11.5 Å². The Morgan fingerprint density at radius 2 is 2.15 bits per heavy atom. The fraction of sp³-hybridized carbons (Fsp3) is 0.526. The monoisotopic (exact) mass is 375 g/mol. The zero-order valence-electron chi connectivity index (χ0n) is 15.6. The zero-order chi connectivity index (χ0) is 18.8. The van der Waals surface area contributed by atoms with Gasteiger partial charge in [-0.1, -0.05) is 38.9 Å². The average molecular weight is 375 g/mol. The average Bonchev–Trinajstić information content (AvgIpc) is 3.26. The fourth-order valence-electron chi connectivity index (χ4n) is 3.26. The predicted molar refractivity (Wildman–Crippen MR) is 101 cm³/mol. The molecule has 0 saturated carbocycles. The van der Waals surface area contributed by atoms with Crippen LogP contribution in [-0.2, 0) is 4.79 Å². The van der Waals surface area contributed by atoms with Gasteiger partial charge in [-0.25, -0.2) is 0 Å². The van der Waals surface area contributed by atoms with E-state index in [0.29, 0.717) is 18.2 Å². The van der Waals surface area contributed by atoms with E-state index in [0.717, 1.165) is 11.4 Å². The Morgan fingerprint density at radius 1 is 1.38 bits per heavy atom. The van der Waals surface area contributed by atoms with E-state index in [9.17, 15) is 9.59 Å². The summed E-state index contributed by atoms with van der Waals surface area (Å²) in [5.74, 6) is 0.992. The lowest BCUT2D eigenvalue weighted by Crippen LogP contribution is -2.60. The van der Waals surface area contributed by atoms with E-state index in [1.807, 2.05) is 22.4 Å². The van der Waals surface area contributed by atoms with Crippen molar-refractivity contribution in [1.82, 2.24) is 15.0 Å². The summed E-state index contributed by atoms with van der Waals surface area (Å²) in [6, 6.07) is 5.52. The van der Waals surface area contributed by atoms with E-state index < -0.39 is 0 Å². The van der Waals surface area contributed by atoms with Gasteiger partial charge in [-0.2, -0.15) is 0 Å². The summed E-state index contributed by atoms with van der Waals surface area (Å²) in [5, 5.41) is 5.87. The van der Waals surface area contributed by atoms with E-state index in [1.54, 1.807) is 11.0 Å². The van der Waals surface area contributed by atoms with Gasteiger partial charge in [0.1, 0.15) is 6.54 Å². The highest BCUT2D eigenvalue weighted by molar-refractivity contribution is 7.13. The molecule has 3 heterocycles. The van der Waals surface area contributed by atoms with Crippen LogP contribution in [0.15, 0.2) is 28.1 Å². The molecule has 1 aliphatic rings. The summed E-state index contributed by atoms with van der Waals surface area (Å²) >= 11 is 1.53. The Balaban J connectivity index is 1.77. The lowest BCUT2D eigenvalue weighted by atomic mass is 9.97. The van der Waals surface area contributed by atoms with Crippen LogP contribution in [0.1, 0.15) is 38.2 Å². The van der Waals surface area contributed by atoms with Crippen LogP contribution in [0, 0.1) is 11.8 Å². The number of aromatic nitrogens is 1. The number of hydrogen-bond acceptors (Lipinski definition) is 5. The SMILES string of the molecule is CC(C)CN1C(=O)CN(C(=O)c2cc(-c3cccs3)on2)CC1C(C)C. The second-order valence-corrected chi connectivity index (χ2v) is 8.44. The number of carbonyl (C=O) groups excluding carboxylic acids is 2. The van der Waals surface area contributed by atoms with Gasteiger partial charge in [0, 0.05) is 19.2 Å². The number of amides is 2. The lowest BCUT2D eigenvalue weighted by Gasteiger charge is -2.43. The Bertz CT molecular complexity index is 767. The second-order valence-electron chi connectivity index (χ2n) is 7.49. The van der Waals surface area contributed by atoms with Crippen LogP contribution in [0.25, 0.3) is 10.6 Å². The molecule has 0 aliphatic carbocycles.